The summed E-state index contributed by atoms with van der Waals surface area (Å²) in [6.07, 6.45) is 0. The van der Waals surface area contributed by atoms with E-state index in [0.717, 1.165) is 0 Å². The Morgan fingerprint density at radius 3 is 2.53 bits per heavy atom. The predicted octanol–water partition coefficient (Wildman–Crippen LogP) is 2.88. The number of nitrogens with two attached hydrogens (primary N) is 1. The first-order valence-electron chi connectivity index (χ1n) is 5.06. The molecule has 0 unspecified atom stereocenters. The number of thiophene rings is 1. The van der Waals surface area contributed by atoms with Crippen molar-refractivity contribution in [3.63, 3.8) is 0 Å². The van der Waals surface area contributed by atoms with Crippen molar-refractivity contribution in [2.24, 2.45) is 11.1 Å². The summed E-state index contributed by atoms with van der Waals surface area (Å²) in [5, 5.41) is 0. The van der Waals surface area contributed by atoms with Crippen molar-refractivity contribution in [2.75, 3.05) is 20.1 Å². The smallest absolute Gasteiger partial charge is 0.263 e. The van der Waals surface area contributed by atoms with Gasteiger partial charge in [-0.2, -0.15) is 0 Å². The maximum Gasteiger partial charge on any atom is 0.263 e. The van der Waals surface area contributed by atoms with Gasteiger partial charge < -0.3 is 10.6 Å². The first-order valence-corrected chi connectivity index (χ1v) is 6.26. The zero-order chi connectivity index (χ0) is 12.3. The average Bonchev–Trinajstić information content (AvgIpc) is 2.63. The molecule has 0 atom stereocenters. The van der Waals surface area contributed by atoms with Crippen LogP contribution < -0.4 is 5.73 Å². The molecule has 0 bridgehead atoms. The van der Waals surface area contributed by atoms with Crippen LogP contribution in [0.25, 0.3) is 0 Å². The van der Waals surface area contributed by atoms with Gasteiger partial charge in [-0.3, -0.25) is 4.79 Å². The van der Waals surface area contributed by atoms with Crippen molar-refractivity contribution < 1.29 is 4.79 Å². The van der Waals surface area contributed by atoms with E-state index >= 15 is 0 Å². The van der Waals surface area contributed by atoms with Crippen LogP contribution in [0.5, 0.6) is 0 Å². The lowest BCUT2D eigenvalue weighted by atomic mass is 9.93. The van der Waals surface area contributed by atoms with Gasteiger partial charge >= 0.3 is 0 Å². The van der Waals surface area contributed by atoms with Crippen LogP contribution in [0, 0.1) is 5.41 Å². The topological polar surface area (TPSA) is 46.3 Å². The van der Waals surface area contributed by atoms with Gasteiger partial charge in [-0.05, 0) is 24.1 Å². The highest BCUT2D eigenvalue weighted by Crippen LogP contribution is 2.23. The molecule has 0 aliphatic carbocycles. The maximum absolute atomic E-state index is 12.0. The SMILES string of the molecule is CN(CC(C)(C)CN)C(=O)c1ccc(Cl)s1.Cl. The van der Waals surface area contributed by atoms with E-state index in [0.29, 0.717) is 22.3 Å². The second kappa shape index (κ2) is 6.59. The van der Waals surface area contributed by atoms with Crippen LogP contribution in [0.15, 0.2) is 12.1 Å². The highest BCUT2D eigenvalue weighted by Gasteiger charge is 2.22. The van der Waals surface area contributed by atoms with E-state index in [1.807, 2.05) is 13.8 Å². The molecule has 0 radical (unpaired) electrons. The molecule has 6 heteroatoms. The summed E-state index contributed by atoms with van der Waals surface area (Å²) in [5.74, 6) is -0.00146. The number of hydrogen-bond acceptors (Lipinski definition) is 3. The lowest BCUT2D eigenvalue weighted by Crippen LogP contribution is -2.39. The summed E-state index contributed by atoms with van der Waals surface area (Å²) >= 11 is 7.10. The number of rotatable bonds is 4. The minimum Gasteiger partial charge on any atom is -0.340 e. The molecular weight excluding hydrogens is 279 g/mol. The van der Waals surface area contributed by atoms with Gasteiger partial charge in [0.2, 0.25) is 0 Å². The van der Waals surface area contributed by atoms with Gasteiger partial charge in [0.25, 0.3) is 5.91 Å². The fourth-order valence-corrected chi connectivity index (χ4v) is 2.43. The number of nitrogens with zero attached hydrogens (tertiary/aromatic N) is 1. The Balaban J connectivity index is 0.00000256. The van der Waals surface area contributed by atoms with Crippen molar-refractivity contribution in [1.82, 2.24) is 4.90 Å². The molecule has 0 saturated carbocycles. The Labute approximate surface area is 117 Å². The van der Waals surface area contributed by atoms with E-state index in [1.165, 1.54) is 11.3 Å². The largest absolute Gasteiger partial charge is 0.340 e. The summed E-state index contributed by atoms with van der Waals surface area (Å²) in [6, 6.07) is 3.49. The summed E-state index contributed by atoms with van der Waals surface area (Å²) in [6.45, 7) is 5.27. The van der Waals surface area contributed by atoms with Crippen LogP contribution >= 0.6 is 35.3 Å². The summed E-state index contributed by atoms with van der Waals surface area (Å²) in [4.78, 5) is 14.3. The van der Waals surface area contributed by atoms with Gasteiger partial charge in [0.05, 0.1) is 9.21 Å². The Kier molecular flexibility index (Phi) is 6.48. The normalized spacial score (nSPS) is 10.9. The molecular formula is C11H18Cl2N2OS. The maximum atomic E-state index is 12.0. The van der Waals surface area contributed by atoms with E-state index in [1.54, 1.807) is 24.1 Å². The third-order valence-electron chi connectivity index (χ3n) is 2.35. The Morgan fingerprint density at radius 2 is 2.12 bits per heavy atom. The van der Waals surface area contributed by atoms with E-state index in [2.05, 4.69) is 0 Å². The lowest BCUT2D eigenvalue weighted by Gasteiger charge is -2.28. The number of amides is 1. The Hall–Kier alpha value is -0.290. The molecule has 17 heavy (non-hydrogen) atoms. The van der Waals surface area contributed by atoms with Gasteiger partial charge in [0.1, 0.15) is 0 Å². The number of carbonyl (C=O) groups excluding carboxylic acids is 1. The Bertz CT molecular complexity index is 379. The lowest BCUT2D eigenvalue weighted by molar-refractivity contribution is 0.0745. The molecule has 0 fully saturated rings. The highest BCUT2D eigenvalue weighted by atomic mass is 35.5. The molecule has 0 saturated heterocycles. The standard InChI is InChI=1S/C11H17ClN2OS.ClH/c1-11(2,6-13)7-14(3)10(15)8-4-5-9(12)16-8;/h4-5H,6-7,13H2,1-3H3;1H. The number of carbonyl (C=O) groups is 1. The second-order valence-electron chi connectivity index (χ2n) is 4.63. The molecule has 1 aromatic heterocycles. The highest BCUT2D eigenvalue weighted by molar-refractivity contribution is 7.17. The van der Waals surface area contributed by atoms with Crippen LogP contribution in [0.3, 0.4) is 0 Å². The van der Waals surface area contributed by atoms with Crippen LogP contribution in [0.4, 0.5) is 0 Å². The number of halogens is 2. The van der Waals surface area contributed by atoms with Crippen molar-refractivity contribution >= 4 is 41.3 Å². The summed E-state index contributed by atoms with van der Waals surface area (Å²) in [7, 11) is 1.79. The zero-order valence-corrected chi connectivity index (χ0v) is 12.6. The predicted molar refractivity (Wildman–Crippen MR) is 76.4 cm³/mol. The van der Waals surface area contributed by atoms with Gasteiger partial charge in [0, 0.05) is 13.6 Å². The van der Waals surface area contributed by atoms with Crippen molar-refractivity contribution in [3.05, 3.63) is 21.3 Å². The first kappa shape index (κ1) is 16.7. The van der Waals surface area contributed by atoms with Gasteiger partial charge in [-0.25, -0.2) is 0 Å². The van der Waals surface area contributed by atoms with E-state index in [4.69, 9.17) is 17.3 Å². The van der Waals surface area contributed by atoms with Gasteiger partial charge in [-0.1, -0.05) is 25.4 Å². The second-order valence-corrected chi connectivity index (χ2v) is 6.35. The third kappa shape index (κ3) is 4.84. The van der Waals surface area contributed by atoms with E-state index in [9.17, 15) is 4.79 Å². The molecule has 98 valence electrons. The zero-order valence-electron chi connectivity index (χ0n) is 10.2. The average molecular weight is 297 g/mol. The minimum atomic E-state index is -0.0640. The van der Waals surface area contributed by atoms with Gasteiger partial charge in [-0.15, -0.1) is 23.7 Å². The Morgan fingerprint density at radius 1 is 1.53 bits per heavy atom. The van der Waals surface area contributed by atoms with Crippen molar-refractivity contribution in [3.8, 4) is 0 Å². The molecule has 0 aliphatic rings. The molecule has 0 spiro atoms. The molecule has 0 aliphatic heterocycles. The van der Waals surface area contributed by atoms with Crippen LogP contribution in [0.2, 0.25) is 4.34 Å². The molecule has 1 amide bonds. The molecule has 1 heterocycles. The molecule has 3 nitrogen and oxygen atoms in total. The fraction of sp³-hybridized carbons (Fsp3) is 0.545. The van der Waals surface area contributed by atoms with Crippen LogP contribution in [0.1, 0.15) is 23.5 Å². The van der Waals surface area contributed by atoms with Crippen molar-refractivity contribution in [1.29, 1.82) is 0 Å². The molecule has 2 N–H and O–H groups in total. The summed E-state index contributed by atoms with van der Waals surface area (Å²) in [5.41, 5.74) is 5.58. The molecule has 1 rings (SSSR count). The van der Waals surface area contributed by atoms with Gasteiger partial charge in [0.15, 0.2) is 0 Å². The van der Waals surface area contributed by atoms with Crippen LogP contribution in [-0.2, 0) is 0 Å². The molecule has 0 aromatic carbocycles. The third-order valence-corrected chi connectivity index (χ3v) is 3.57. The van der Waals surface area contributed by atoms with E-state index in [-0.39, 0.29) is 23.7 Å². The first-order chi connectivity index (χ1) is 7.35. The minimum absolute atomic E-state index is 0. The van der Waals surface area contributed by atoms with Crippen molar-refractivity contribution in [2.45, 2.75) is 13.8 Å². The molecule has 1 aromatic rings. The van der Waals surface area contributed by atoms with E-state index < -0.39 is 0 Å². The number of hydrogen-bond donors (Lipinski definition) is 1. The quantitative estimate of drug-likeness (QED) is 0.929. The monoisotopic (exact) mass is 296 g/mol. The van der Waals surface area contributed by atoms with Crippen LogP contribution in [-0.4, -0.2) is 30.9 Å². The fourth-order valence-electron chi connectivity index (χ4n) is 1.40. The summed E-state index contributed by atoms with van der Waals surface area (Å²) < 4.78 is 0.634.